The summed E-state index contributed by atoms with van der Waals surface area (Å²) in [6, 6.07) is 0.0360. The number of carboxylic acid groups (broad SMARTS) is 1. The van der Waals surface area contributed by atoms with Crippen LogP contribution in [0.1, 0.15) is 26.2 Å². The highest BCUT2D eigenvalue weighted by Crippen LogP contribution is 2.30. The summed E-state index contributed by atoms with van der Waals surface area (Å²) in [7, 11) is 1.71. The normalized spacial score (nSPS) is 24.4. The molecule has 0 radical (unpaired) electrons. The molecule has 0 amide bonds. The van der Waals surface area contributed by atoms with Gasteiger partial charge in [0.2, 0.25) is 0 Å². The van der Waals surface area contributed by atoms with Gasteiger partial charge in [0.1, 0.15) is 0 Å². The first kappa shape index (κ1) is 15.3. The van der Waals surface area contributed by atoms with E-state index in [9.17, 15) is 13.6 Å². The summed E-state index contributed by atoms with van der Waals surface area (Å²) in [6.07, 6.45) is 1.16. The molecule has 0 aromatic heterocycles. The average Bonchev–Trinajstić information content (AvgIpc) is 2.21. The zero-order chi connectivity index (χ0) is 13.8. The third-order valence-electron chi connectivity index (χ3n) is 3.23. The third-order valence-corrected chi connectivity index (χ3v) is 3.23. The highest BCUT2D eigenvalue weighted by molar-refractivity contribution is 5.69. The Bertz CT molecular complexity index is 287. The number of hydrogen-bond donors (Lipinski definition) is 1. The van der Waals surface area contributed by atoms with E-state index < -0.39 is 11.9 Å². The smallest absolute Gasteiger partial charge is 0.317 e. The van der Waals surface area contributed by atoms with E-state index in [0.717, 1.165) is 6.42 Å². The molecule has 1 aliphatic rings. The van der Waals surface area contributed by atoms with Gasteiger partial charge in [-0.3, -0.25) is 14.6 Å². The van der Waals surface area contributed by atoms with Gasteiger partial charge in [0.25, 0.3) is 5.92 Å². The summed E-state index contributed by atoms with van der Waals surface area (Å²) < 4.78 is 26.7. The average molecular weight is 264 g/mol. The maximum atomic E-state index is 13.3. The number of alkyl halides is 2. The largest absolute Gasteiger partial charge is 0.480 e. The van der Waals surface area contributed by atoms with Crippen LogP contribution in [0.3, 0.4) is 0 Å². The van der Waals surface area contributed by atoms with E-state index in [1.54, 1.807) is 16.8 Å². The molecule has 0 spiro atoms. The number of rotatable bonds is 6. The summed E-state index contributed by atoms with van der Waals surface area (Å²) in [5.74, 6) is -3.49. The topological polar surface area (TPSA) is 43.8 Å². The van der Waals surface area contributed by atoms with E-state index in [4.69, 9.17) is 5.11 Å². The Morgan fingerprint density at radius 3 is 2.78 bits per heavy atom. The van der Waals surface area contributed by atoms with E-state index in [0.29, 0.717) is 19.5 Å². The predicted octanol–water partition coefficient (Wildman–Crippen LogP) is 1.51. The van der Waals surface area contributed by atoms with Gasteiger partial charge in [-0.05, 0) is 26.4 Å². The van der Waals surface area contributed by atoms with Crippen molar-refractivity contribution >= 4 is 5.97 Å². The maximum Gasteiger partial charge on any atom is 0.317 e. The quantitative estimate of drug-likeness (QED) is 0.790. The molecule has 1 saturated heterocycles. The zero-order valence-corrected chi connectivity index (χ0v) is 11.0. The van der Waals surface area contributed by atoms with Crippen molar-refractivity contribution in [3.05, 3.63) is 0 Å². The fourth-order valence-corrected chi connectivity index (χ4v) is 2.48. The van der Waals surface area contributed by atoms with E-state index >= 15 is 0 Å². The van der Waals surface area contributed by atoms with Gasteiger partial charge >= 0.3 is 5.97 Å². The van der Waals surface area contributed by atoms with Crippen LogP contribution in [-0.4, -0.2) is 66.1 Å². The van der Waals surface area contributed by atoms with Crippen molar-refractivity contribution in [2.24, 2.45) is 0 Å². The number of likely N-dealkylation sites (tertiary alicyclic amines) is 1. The lowest BCUT2D eigenvalue weighted by Crippen LogP contribution is -2.53. The van der Waals surface area contributed by atoms with E-state index in [1.807, 2.05) is 6.92 Å². The Hall–Kier alpha value is -0.750. The van der Waals surface area contributed by atoms with Crippen LogP contribution >= 0.6 is 0 Å². The minimum absolute atomic E-state index is 0.0360. The van der Waals surface area contributed by atoms with Crippen LogP contribution in [0.25, 0.3) is 0 Å². The highest BCUT2D eigenvalue weighted by Gasteiger charge is 2.39. The molecule has 1 aliphatic heterocycles. The van der Waals surface area contributed by atoms with Crippen LogP contribution in [0.15, 0.2) is 0 Å². The molecule has 0 aliphatic carbocycles. The Morgan fingerprint density at radius 2 is 2.22 bits per heavy atom. The molecule has 1 heterocycles. The predicted molar refractivity (Wildman–Crippen MR) is 65.0 cm³/mol. The number of nitrogens with zero attached hydrogens (tertiary/aromatic N) is 2. The van der Waals surface area contributed by atoms with Gasteiger partial charge in [0.05, 0.1) is 13.1 Å². The van der Waals surface area contributed by atoms with Crippen LogP contribution in [-0.2, 0) is 4.79 Å². The van der Waals surface area contributed by atoms with Crippen LogP contribution in [0, 0.1) is 0 Å². The lowest BCUT2D eigenvalue weighted by atomic mass is 9.98. The first-order valence-electron chi connectivity index (χ1n) is 6.36. The standard InChI is InChI=1S/C12H22F2N2O2/c1-3-6-16-9-12(13,14)5-4-10(16)7-15(2)8-11(17)18/h10H,3-9H2,1-2H3,(H,17,18). The van der Waals surface area contributed by atoms with Crippen molar-refractivity contribution < 1.29 is 18.7 Å². The van der Waals surface area contributed by atoms with Crippen LogP contribution in [0.5, 0.6) is 0 Å². The second-order valence-corrected chi connectivity index (χ2v) is 5.11. The summed E-state index contributed by atoms with van der Waals surface area (Å²) >= 11 is 0. The van der Waals surface area contributed by atoms with Crippen molar-refractivity contribution in [3.8, 4) is 0 Å². The van der Waals surface area contributed by atoms with Crippen molar-refractivity contribution in [3.63, 3.8) is 0 Å². The third kappa shape index (κ3) is 4.86. The minimum Gasteiger partial charge on any atom is -0.480 e. The molecule has 0 aromatic carbocycles. The first-order valence-corrected chi connectivity index (χ1v) is 6.36. The van der Waals surface area contributed by atoms with Gasteiger partial charge in [-0.25, -0.2) is 8.78 Å². The summed E-state index contributed by atoms with van der Waals surface area (Å²) in [6.45, 7) is 2.88. The van der Waals surface area contributed by atoms with Crippen LogP contribution in [0.2, 0.25) is 0 Å². The molecule has 1 N–H and O–H groups in total. The van der Waals surface area contributed by atoms with Gasteiger partial charge < -0.3 is 5.11 Å². The molecule has 0 saturated carbocycles. The Kier molecular flexibility index (Phi) is 5.47. The fraction of sp³-hybridized carbons (Fsp3) is 0.917. The summed E-state index contributed by atoms with van der Waals surface area (Å²) in [5.41, 5.74) is 0. The molecular formula is C12H22F2N2O2. The minimum atomic E-state index is -2.60. The molecular weight excluding hydrogens is 242 g/mol. The lowest BCUT2D eigenvalue weighted by Gasteiger charge is -2.40. The number of likely N-dealkylation sites (N-methyl/N-ethyl adjacent to an activating group) is 1. The number of hydrogen-bond acceptors (Lipinski definition) is 3. The van der Waals surface area contributed by atoms with Crippen molar-refractivity contribution in [1.82, 2.24) is 9.80 Å². The first-order chi connectivity index (χ1) is 8.34. The van der Waals surface area contributed by atoms with Crippen molar-refractivity contribution in [2.75, 3.05) is 33.2 Å². The number of aliphatic carboxylic acids is 1. The van der Waals surface area contributed by atoms with Crippen molar-refractivity contribution in [2.45, 2.75) is 38.2 Å². The SMILES string of the molecule is CCCN1CC(F)(F)CCC1CN(C)CC(=O)O. The molecule has 0 bridgehead atoms. The molecule has 6 heteroatoms. The van der Waals surface area contributed by atoms with E-state index in [-0.39, 0.29) is 25.6 Å². The lowest BCUT2D eigenvalue weighted by molar-refractivity contribution is -0.138. The second-order valence-electron chi connectivity index (χ2n) is 5.11. The molecule has 0 aromatic rings. The maximum absolute atomic E-state index is 13.3. The molecule has 1 rings (SSSR count). The van der Waals surface area contributed by atoms with Gasteiger partial charge in [0.15, 0.2) is 0 Å². The monoisotopic (exact) mass is 264 g/mol. The molecule has 106 valence electrons. The number of piperidine rings is 1. The van der Waals surface area contributed by atoms with E-state index in [1.165, 1.54) is 0 Å². The van der Waals surface area contributed by atoms with Gasteiger partial charge in [-0.15, -0.1) is 0 Å². The van der Waals surface area contributed by atoms with Crippen LogP contribution in [0.4, 0.5) is 8.78 Å². The molecule has 18 heavy (non-hydrogen) atoms. The number of carbonyl (C=O) groups is 1. The zero-order valence-electron chi connectivity index (χ0n) is 11.0. The molecule has 1 atom stereocenters. The van der Waals surface area contributed by atoms with Gasteiger partial charge in [-0.2, -0.15) is 0 Å². The molecule has 1 unspecified atom stereocenters. The Morgan fingerprint density at radius 1 is 1.56 bits per heavy atom. The number of carboxylic acids is 1. The van der Waals surface area contributed by atoms with Gasteiger partial charge in [-0.1, -0.05) is 6.92 Å². The van der Waals surface area contributed by atoms with Crippen molar-refractivity contribution in [1.29, 1.82) is 0 Å². The Balaban J connectivity index is 2.54. The highest BCUT2D eigenvalue weighted by atomic mass is 19.3. The van der Waals surface area contributed by atoms with Crippen LogP contribution < -0.4 is 0 Å². The fourth-order valence-electron chi connectivity index (χ4n) is 2.48. The molecule has 4 nitrogen and oxygen atoms in total. The summed E-state index contributed by atoms with van der Waals surface area (Å²) in [4.78, 5) is 14.1. The number of halogens is 2. The summed E-state index contributed by atoms with van der Waals surface area (Å²) in [5, 5.41) is 8.69. The van der Waals surface area contributed by atoms with Gasteiger partial charge in [0, 0.05) is 19.0 Å². The van der Waals surface area contributed by atoms with E-state index in [2.05, 4.69) is 0 Å². The second kappa shape index (κ2) is 6.43. The molecule has 1 fully saturated rings. The Labute approximate surface area is 107 Å².